The molecule has 40 heavy (non-hydrogen) atoms. The van der Waals surface area contributed by atoms with Gasteiger partial charge in [-0.3, -0.25) is 4.79 Å². The summed E-state index contributed by atoms with van der Waals surface area (Å²) in [4.78, 5) is 19.0. The van der Waals surface area contributed by atoms with Crippen LogP contribution in [0, 0.1) is 0 Å². The van der Waals surface area contributed by atoms with E-state index in [0.29, 0.717) is 19.5 Å². The van der Waals surface area contributed by atoms with Crippen LogP contribution in [0.5, 0.6) is 0 Å². The molecular weight excluding hydrogens is 522 g/mol. The highest BCUT2D eigenvalue weighted by Crippen LogP contribution is 2.25. The number of aromatic nitrogens is 1. The van der Waals surface area contributed by atoms with E-state index in [2.05, 4.69) is 31.8 Å². The van der Waals surface area contributed by atoms with Crippen LogP contribution in [-0.4, -0.2) is 61.9 Å². The number of H-pyrrole nitrogens is 1. The monoisotopic (exact) mass is 561 g/mol. The molecule has 0 aliphatic rings. The van der Waals surface area contributed by atoms with Gasteiger partial charge >= 0.3 is 0 Å². The number of methoxy groups -OCH3 is 1. The molecule has 4 rings (SSSR count). The number of nitrogens with one attached hydrogen (secondary N) is 1. The first-order chi connectivity index (χ1) is 19.1. The van der Waals surface area contributed by atoms with E-state index in [-0.39, 0.29) is 35.9 Å². The summed E-state index contributed by atoms with van der Waals surface area (Å²) in [5.74, 6) is -0.255. The second kappa shape index (κ2) is 12.8. The van der Waals surface area contributed by atoms with Gasteiger partial charge in [0.15, 0.2) is 0 Å². The first-order valence-corrected chi connectivity index (χ1v) is 15.0. The molecule has 0 aliphatic heterocycles. The highest BCUT2D eigenvalue weighted by Gasteiger charge is 2.29. The molecule has 8 heteroatoms. The predicted octanol–water partition coefficient (Wildman–Crippen LogP) is 5.37. The number of rotatable bonds is 12. The molecule has 4 aromatic rings. The van der Waals surface area contributed by atoms with Crippen molar-refractivity contribution >= 4 is 26.8 Å². The van der Waals surface area contributed by atoms with Crippen LogP contribution in [0.2, 0.25) is 0 Å². The van der Waals surface area contributed by atoms with Crippen molar-refractivity contribution in [2.75, 3.05) is 33.4 Å². The molecule has 0 saturated heterocycles. The number of amides is 1. The van der Waals surface area contributed by atoms with E-state index in [1.807, 2.05) is 66.9 Å². The van der Waals surface area contributed by atoms with E-state index in [9.17, 15) is 13.2 Å². The van der Waals surface area contributed by atoms with Gasteiger partial charge in [-0.2, -0.15) is 4.31 Å². The van der Waals surface area contributed by atoms with E-state index in [0.717, 1.165) is 27.6 Å². The van der Waals surface area contributed by atoms with Gasteiger partial charge < -0.3 is 14.6 Å². The summed E-state index contributed by atoms with van der Waals surface area (Å²) in [5.41, 5.74) is 4.09. The Labute approximate surface area is 237 Å². The van der Waals surface area contributed by atoms with Crippen molar-refractivity contribution in [2.45, 2.75) is 44.0 Å². The Balaban J connectivity index is 1.57. The Hall–Kier alpha value is -3.46. The number of carbonyl (C=O) groups excluding carboxylic acids is 1. The van der Waals surface area contributed by atoms with Crippen molar-refractivity contribution in [1.29, 1.82) is 0 Å². The molecule has 0 saturated carbocycles. The van der Waals surface area contributed by atoms with Crippen LogP contribution in [0.1, 0.15) is 37.5 Å². The SMILES string of the molecule is COCCN(CC(=O)N(CCc1c[nH]c2ccccc12)Cc1ccccc1)S(=O)(=O)c1ccc(C(C)(C)C)cc1. The second-order valence-corrected chi connectivity index (χ2v) is 13.0. The molecule has 212 valence electrons. The molecule has 0 spiro atoms. The molecule has 1 amide bonds. The zero-order chi connectivity index (χ0) is 28.8. The number of aromatic amines is 1. The maximum atomic E-state index is 13.8. The number of nitrogens with zero attached hydrogens (tertiary/aromatic N) is 2. The van der Waals surface area contributed by atoms with Crippen molar-refractivity contribution in [3.8, 4) is 0 Å². The lowest BCUT2D eigenvalue weighted by Crippen LogP contribution is -2.44. The maximum absolute atomic E-state index is 13.8. The molecule has 0 fully saturated rings. The number of para-hydroxylation sites is 1. The number of hydrogen-bond donors (Lipinski definition) is 1. The highest BCUT2D eigenvalue weighted by atomic mass is 32.2. The summed E-state index contributed by atoms with van der Waals surface area (Å²) in [7, 11) is -2.40. The number of carbonyl (C=O) groups is 1. The third kappa shape index (κ3) is 7.18. The van der Waals surface area contributed by atoms with Gasteiger partial charge in [0.2, 0.25) is 15.9 Å². The third-order valence-electron chi connectivity index (χ3n) is 7.11. The molecule has 0 unspecified atom stereocenters. The molecule has 0 aliphatic carbocycles. The maximum Gasteiger partial charge on any atom is 0.243 e. The van der Waals surface area contributed by atoms with Crippen LogP contribution in [0.4, 0.5) is 0 Å². The average molecular weight is 562 g/mol. The molecular formula is C32H39N3O4S. The van der Waals surface area contributed by atoms with Crippen LogP contribution in [0.15, 0.2) is 90.0 Å². The summed E-state index contributed by atoms with van der Waals surface area (Å²) in [6.45, 7) is 7.07. The topological polar surface area (TPSA) is 82.7 Å². The lowest BCUT2D eigenvalue weighted by molar-refractivity contribution is -0.132. The lowest BCUT2D eigenvalue weighted by atomic mass is 9.87. The summed E-state index contributed by atoms with van der Waals surface area (Å²) >= 11 is 0. The number of benzene rings is 3. The normalized spacial score (nSPS) is 12.2. The summed E-state index contributed by atoms with van der Waals surface area (Å²) in [5, 5.41) is 1.12. The van der Waals surface area contributed by atoms with E-state index >= 15 is 0 Å². The Kier molecular flexibility index (Phi) is 9.45. The fourth-order valence-corrected chi connectivity index (χ4v) is 6.07. The fraction of sp³-hybridized carbons (Fsp3) is 0.344. The first kappa shape index (κ1) is 29.5. The molecule has 1 N–H and O–H groups in total. The minimum Gasteiger partial charge on any atom is -0.383 e. The van der Waals surface area contributed by atoms with Gasteiger partial charge in [-0.1, -0.05) is 81.4 Å². The van der Waals surface area contributed by atoms with Crippen LogP contribution < -0.4 is 0 Å². The molecule has 1 aromatic heterocycles. The minimum atomic E-state index is -3.92. The fourth-order valence-electron chi connectivity index (χ4n) is 4.69. The van der Waals surface area contributed by atoms with Gasteiger partial charge in [0, 0.05) is 43.8 Å². The van der Waals surface area contributed by atoms with Crippen molar-refractivity contribution in [1.82, 2.24) is 14.2 Å². The molecule has 0 radical (unpaired) electrons. The van der Waals surface area contributed by atoms with Gasteiger partial charge in [0.25, 0.3) is 0 Å². The number of ether oxygens (including phenoxy) is 1. The summed E-state index contributed by atoms with van der Waals surface area (Å²) < 4.78 is 33.8. The lowest BCUT2D eigenvalue weighted by Gasteiger charge is -2.28. The third-order valence-corrected chi connectivity index (χ3v) is 8.97. The Morgan fingerprint density at radius 2 is 1.57 bits per heavy atom. The van der Waals surface area contributed by atoms with Gasteiger partial charge in [-0.15, -0.1) is 0 Å². The number of fused-ring (bicyclic) bond motifs is 1. The van der Waals surface area contributed by atoms with Gasteiger partial charge in [0.05, 0.1) is 18.0 Å². The summed E-state index contributed by atoms with van der Waals surface area (Å²) in [6, 6.07) is 24.8. The van der Waals surface area contributed by atoms with Crippen LogP contribution >= 0.6 is 0 Å². The molecule has 3 aromatic carbocycles. The Morgan fingerprint density at radius 3 is 2.25 bits per heavy atom. The zero-order valence-electron chi connectivity index (χ0n) is 23.8. The minimum absolute atomic E-state index is 0.0766. The second-order valence-electron chi connectivity index (χ2n) is 11.0. The van der Waals surface area contributed by atoms with E-state index in [4.69, 9.17) is 4.74 Å². The van der Waals surface area contributed by atoms with Crippen molar-refractivity contribution in [3.63, 3.8) is 0 Å². The first-order valence-electron chi connectivity index (χ1n) is 13.6. The Bertz CT molecular complexity index is 1510. The van der Waals surface area contributed by atoms with Crippen molar-refractivity contribution < 1.29 is 17.9 Å². The van der Waals surface area contributed by atoms with Crippen LogP contribution in [0.3, 0.4) is 0 Å². The average Bonchev–Trinajstić information content (AvgIpc) is 3.36. The molecule has 1 heterocycles. The van der Waals surface area contributed by atoms with E-state index in [1.165, 1.54) is 11.4 Å². The van der Waals surface area contributed by atoms with E-state index < -0.39 is 10.0 Å². The highest BCUT2D eigenvalue weighted by molar-refractivity contribution is 7.89. The van der Waals surface area contributed by atoms with E-state index in [1.54, 1.807) is 17.0 Å². The molecule has 0 atom stereocenters. The number of sulfonamides is 1. The summed E-state index contributed by atoms with van der Waals surface area (Å²) in [6.07, 6.45) is 2.62. The quantitative estimate of drug-likeness (QED) is 0.252. The smallest absolute Gasteiger partial charge is 0.243 e. The Morgan fingerprint density at radius 1 is 0.900 bits per heavy atom. The molecule has 0 bridgehead atoms. The number of hydrogen-bond acceptors (Lipinski definition) is 4. The van der Waals surface area contributed by atoms with Crippen LogP contribution in [-0.2, 0) is 37.9 Å². The van der Waals surface area contributed by atoms with Gasteiger partial charge in [0.1, 0.15) is 0 Å². The van der Waals surface area contributed by atoms with Gasteiger partial charge in [-0.25, -0.2) is 8.42 Å². The van der Waals surface area contributed by atoms with Crippen molar-refractivity contribution in [3.05, 3.63) is 102 Å². The predicted molar refractivity (Wildman–Crippen MR) is 160 cm³/mol. The van der Waals surface area contributed by atoms with Crippen molar-refractivity contribution in [2.24, 2.45) is 0 Å². The van der Waals surface area contributed by atoms with Gasteiger partial charge in [-0.05, 0) is 46.7 Å². The standard InChI is InChI=1S/C32H39N3O4S/c1-32(2,3)27-14-16-28(17-15-27)40(37,38)35(20-21-39-4)24-31(36)34(23-25-10-6-5-7-11-25)19-18-26-22-33-30-13-9-8-12-29(26)30/h5-17,22,33H,18-21,23-24H2,1-4H3. The largest absolute Gasteiger partial charge is 0.383 e. The zero-order valence-corrected chi connectivity index (χ0v) is 24.6. The molecule has 7 nitrogen and oxygen atoms in total. The van der Waals surface area contributed by atoms with Crippen LogP contribution in [0.25, 0.3) is 10.9 Å².